The van der Waals surface area contributed by atoms with Gasteiger partial charge in [-0.1, -0.05) is 19.3 Å². The summed E-state index contributed by atoms with van der Waals surface area (Å²) in [4.78, 5) is 14.5. The highest BCUT2D eigenvalue weighted by Crippen LogP contribution is 2.36. The molecule has 0 bridgehead atoms. The Hall–Kier alpha value is -0.900. The van der Waals surface area contributed by atoms with Crippen LogP contribution in [0, 0.1) is 17.7 Å². The van der Waals surface area contributed by atoms with Crippen molar-refractivity contribution in [2.75, 3.05) is 13.1 Å². The molecule has 1 aromatic rings. The van der Waals surface area contributed by atoms with Gasteiger partial charge < -0.3 is 4.90 Å². The SMILES string of the molecule is O=C(c1ccc(F)cc1Br)N1CC[C@H]2CCCC[C@@H]2C1. The fraction of sp³-hybridized carbons (Fsp3) is 0.562. The molecule has 0 aromatic heterocycles. The summed E-state index contributed by atoms with van der Waals surface area (Å²) < 4.78 is 13.7. The molecule has 1 heterocycles. The number of hydrogen-bond acceptors (Lipinski definition) is 1. The van der Waals surface area contributed by atoms with E-state index >= 15 is 0 Å². The fourth-order valence-corrected chi connectivity index (χ4v) is 4.14. The molecule has 0 unspecified atom stereocenters. The van der Waals surface area contributed by atoms with Crippen molar-refractivity contribution in [2.45, 2.75) is 32.1 Å². The van der Waals surface area contributed by atoms with Gasteiger partial charge >= 0.3 is 0 Å². The Kier molecular flexibility index (Phi) is 4.11. The zero-order valence-electron chi connectivity index (χ0n) is 11.4. The van der Waals surface area contributed by atoms with Gasteiger partial charge in [0.2, 0.25) is 0 Å². The van der Waals surface area contributed by atoms with E-state index in [9.17, 15) is 9.18 Å². The molecule has 0 spiro atoms. The molecule has 1 aliphatic heterocycles. The lowest BCUT2D eigenvalue weighted by Gasteiger charge is -2.41. The van der Waals surface area contributed by atoms with Crippen LogP contribution >= 0.6 is 15.9 Å². The van der Waals surface area contributed by atoms with Crippen LogP contribution in [0.25, 0.3) is 0 Å². The smallest absolute Gasteiger partial charge is 0.255 e. The van der Waals surface area contributed by atoms with Crippen LogP contribution in [0.2, 0.25) is 0 Å². The molecule has 1 saturated heterocycles. The highest BCUT2D eigenvalue weighted by atomic mass is 79.9. The predicted octanol–water partition coefficient (Wildman–Crippen LogP) is 4.24. The summed E-state index contributed by atoms with van der Waals surface area (Å²) in [6, 6.07) is 4.29. The first-order valence-electron chi connectivity index (χ1n) is 7.39. The molecular weight excluding hydrogens is 321 g/mol. The normalized spacial score (nSPS) is 26.2. The van der Waals surface area contributed by atoms with Crippen molar-refractivity contribution >= 4 is 21.8 Å². The van der Waals surface area contributed by atoms with Crippen LogP contribution < -0.4 is 0 Å². The number of carbonyl (C=O) groups is 1. The molecule has 2 nitrogen and oxygen atoms in total. The van der Waals surface area contributed by atoms with Crippen molar-refractivity contribution in [3.8, 4) is 0 Å². The number of piperidine rings is 1. The van der Waals surface area contributed by atoms with Gasteiger partial charge in [0.1, 0.15) is 5.82 Å². The van der Waals surface area contributed by atoms with Crippen molar-refractivity contribution in [3.05, 3.63) is 34.1 Å². The van der Waals surface area contributed by atoms with E-state index in [4.69, 9.17) is 0 Å². The van der Waals surface area contributed by atoms with Crippen LogP contribution in [0.15, 0.2) is 22.7 Å². The molecule has 2 fully saturated rings. The number of amides is 1. The molecule has 108 valence electrons. The topological polar surface area (TPSA) is 20.3 Å². The van der Waals surface area contributed by atoms with Crippen LogP contribution in [-0.2, 0) is 0 Å². The lowest BCUT2D eigenvalue weighted by molar-refractivity contribution is 0.0520. The van der Waals surface area contributed by atoms with Crippen molar-refractivity contribution in [1.29, 1.82) is 0 Å². The maximum absolute atomic E-state index is 13.1. The molecule has 0 radical (unpaired) electrons. The number of hydrogen-bond donors (Lipinski definition) is 0. The van der Waals surface area contributed by atoms with E-state index in [-0.39, 0.29) is 11.7 Å². The Balaban J connectivity index is 1.74. The second-order valence-electron chi connectivity index (χ2n) is 5.97. The summed E-state index contributed by atoms with van der Waals surface area (Å²) in [5.74, 6) is 1.19. The van der Waals surface area contributed by atoms with Gasteiger partial charge in [-0.05, 0) is 58.8 Å². The minimum absolute atomic E-state index is 0.0286. The van der Waals surface area contributed by atoms with E-state index in [1.54, 1.807) is 6.07 Å². The molecule has 4 heteroatoms. The first-order chi connectivity index (χ1) is 9.65. The van der Waals surface area contributed by atoms with Gasteiger partial charge in [0.05, 0.1) is 5.56 Å². The number of likely N-dealkylation sites (tertiary alicyclic amines) is 1. The average molecular weight is 340 g/mol. The maximum Gasteiger partial charge on any atom is 0.255 e. The monoisotopic (exact) mass is 339 g/mol. The molecule has 3 rings (SSSR count). The van der Waals surface area contributed by atoms with E-state index in [2.05, 4.69) is 15.9 Å². The van der Waals surface area contributed by atoms with Gasteiger partial charge in [0.25, 0.3) is 5.91 Å². The third-order valence-electron chi connectivity index (χ3n) is 4.74. The van der Waals surface area contributed by atoms with Crippen LogP contribution in [-0.4, -0.2) is 23.9 Å². The van der Waals surface area contributed by atoms with Crippen molar-refractivity contribution < 1.29 is 9.18 Å². The van der Waals surface area contributed by atoms with Gasteiger partial charge in [-0.3, -0.25) is 4.79 Å². The minimum atomic E-state index is -0.320. The van der Waals surface area contributed by atoms with E-state index < -0.39 is 0 Å². The Morgan fingerprint density at radius 2 is 1.95 bits per heavy atom. The number of halogens is 2. The first kappa shape index (κ1) is 14.1. The molecule has 2 atom stereocenters. The van der Waals surface area contributed by atoms with Crippen LogP contribution in [0.1, 0.15) is 42.5 Å². The quantitative estimate of drug-likeness (QED) is 0.749. The van der Waals surface area contributed by atoms with Crippen LogP contribution in [0.4, 0.5) is 4.39 Å². The second kappa shape index (κ2) is 5.84. The summed E-state index contributed by atoms with van der Waals surface area (Å²) in [6.07, 6.45) is 6.34. The van der Waals surface area contributed by atoms with Gasteiger partial charge in [-0.2, -0.15) is 0 Å². The Morgan fingerprint density at radius 1 is 1.20 bits per heavy atom. The lowest BCUT2D eigenvalue weighted by Crippen LogP contribution is -2.44. The number of rotatable bonds is 1. The Bertz CT molecular complexity index is 519. The number of nitrogens with zero attached hydrogens (tertiary/aromatic N) is 1. The molecule has 20 heavy (non-hydrogen) atoms. The van der Waals surface area contributed by atoms with Gasteiger partial charge in [-0.25, -0.2) is 4.39 Å². The summed E-state index contributed by atoms with van der Waals surface area (Å²) in [5.41, 5.74) is 0.570. The van der Waals surface area contributed by atoms with Gasteiger partial charge in [0, 0.05) is 17.6 Å². The highest BCUT2D eigenvalue weighted by molar-refractivity contribution is 9.10. The van der Waals surface area contributed by atoms with Crippen LogP contribution in [0.5, 0.6) is 0 Å². The van der Waals surface area contributed by atoms with Crippen LogP contribution in [0.3, 0.4) is 0 Å². The van der Waals surface area contributed by atoms with E-state index in [0.717, 1.165) is 25.4 Å². The van der Waals surface area contributed by atoms with E-state index in [0.29, 0.717) is 16.0 Å². The zero-order valence-corrected chi connectivity index (χ0v) is 13.0. The standard InChI is InChI=1S/C16H19BrFNO/c17-15-9-13(18)5-6-14(15)16(20)19-8-7-11-3-1-2-4-12(11)10-19/h5-6,9,11-12H,1-4,7-8,10H2/t11-,12-/m1/s1. The van der Waals surface area contributed by atoms with Gasteiger partial charge in [-0.15, -0.1) is 0 Å². The lowest BCUT2D eigenvalue weighted by atomic mass is 9.75. The number of carbonyl (C=O) groups excluding carboxylic acids is 1. The molecule has 1 aliphatic carbocycles. The fourth-order valence-electron chi connectivity index (χ4n) is 3.62. The molecule has 1 saturated carbocycles. The predicted molar refractivity (Wildman–Crippen MR) is 80.1 cm³/mol. The summed E-state index contributed by atoms with van der Waals surface area (Å²) in [7, 11) is 0. The van der Waals surface area contributed by atoms with Crippen molar-refractivity contribution in [1.82, 2.24) is 4.90 Å². The summed E-state index contributed by atoms with van der Waals surface area (Å²) in [6.45, 7) is 1.71. The Morgan fingerprint density at radius 3 is 2.70 bits per heavy atom. The van der Waals surface area contributed by atoms with E-state index in [1.807, 2.05) is 4.90 Å². The zero-order chi connectivity index (χ0) is 14.1. The summed E-state index contributed by atoms with van der Waals surface area (Å²) >= 11 is 3.30. The van der Waals surface area contributed by atoms with Crippen molar-refractivity contribution in [2.24, 2.45) is 11.8 Å². The molecule has 2 aliphatic rings. The molecular formula is C16H19BrFNO. The Labute approximate surface area is 127 Å². The third kappa shape index (κ3) is 2.76. The number of fused-ring (bicyclic) bond motifs is 1. The maximum atomic E-state index is 13.1. The molecule has 1 amide bonds. The second-order valence-corrected chi connectivity index (χ2v) is 6.82. The van der Waals surface area contributed by atoms with Crippen molar-refractivity contribution in [3.63, 3.8) is 0 Å². The largest absolute Gasteiger partial charge is 0.338 e. The molecule has 1 aromatic carbocycles. The third-order valence-corrected chi connectivity index (χ3v) is 5.40. The van der Waals surface area contributed by atoms with Gasteiger partial charge in [0.15, 0.2) is 0 Å². The highest BCUT2D eigenvalue weighted by Gasteiger charge is 2.33. The minimum Gasteiger partial charge on any atom is -0.338 e. The van der Waals surface area contributed by atoms with E-state index in [1.165, 1.54) is 37.8 Å². The number of benzene rings is 1. The summed E-state index contributed by atoms with van der Waals surface area (Å²) in [5, 5.41) is 0. The average Bonchev–Trinajstić information content (AvgIpc) is 2.46. The molecule has 0 N–H and O–H groups in total. The first-order valence-corrected chi connectivity index (χ1v) is 8.19.